The maximum absolute atomic E-state index is 12.8. The van der Waals surface area contributed by atoms with E-state index in [0.29, 0.717) is 16.3 Å². The second-order valence-electron chi connectivity index (χ2n) is 7.49. The summed E-state index contributed by atoms with van der Waals surface area (Å²) < 4.78 is 26.8. The lowest BCUT2D eigenvalue weighted by Gasteiger charge is -2.22. The fourth-order valence-corrected chi connectivity index (χ4v) is 4.92. The first-order chi connectivity index (χ1) is 13.9. The Morgan fingerprint density at radius 1 is 0.931 bits per heavy atom. The highest BCUT2D eigenvalue weighted by Gasteiger charge is 2.22. The Kier molecular flexibility index (Phi) is 7.19. The molecule has 0 atom stereocenters. The van der Waals surface area contributed by atoms with Crippen LogP contribution in [0.3, 0.4) is 0 Å². The zero-order valence-corrected chi connectivity index (χ0v) is 18.2. The van der Waals surface area contributed by atoms with Crippen LogP contribution < -0.4 is 9.62 Å². The van der Waals surface area contributed by atoms with Gasteiger partial charge in [-0.25, -0.2) is 8.42 Å². The molecule has 0 saturated heterocycles. The number of sulfonamides is 1. The van der Waals surface area contributed by atoms with Crippen LogP contribution in [0.15, 0.2) is 53.4 Å². The number of amides is 1. The summed E-state index contributed by atoms with van der Waals surface area (Å²) in [6, 6.07) is 12.9. The number of hydrogen-bond acceptors (Lipinski definition) is 3. The van der Waals surface area contributed by atoms with E-state index in [1.807, 2.05) is 0 Å². The van der Waals surface area contributed by atoms with Crippen molar-refractivity contribution in [3.63, 3.8) is 0 Å². The van der Waals surface area contributed by atoms with E-state index in [4.69, 9.17) is 11.6 Å². The molecule has 0 bridgehead atoms. The minimum Gasteiger partial charge on any atom is -0.349 e. The molecule has 2 aromatic carbocycles. The first-order valence-corrected chi connectivity index (χ1v) is 11.8. The lowest BCUT2D eigenvalue weighted by Crippen LogP contribution is -2.35. The van der Waals surface area contributed by atoms with Crippen molar-refractivity contribution in [2.24, 2.45) is 0 Å². The van der Waals surface area contributed by atoms with Crippen molar-refractivity contribution in [3.8, 4) is 0 Å². The Labute approximate surface area is 178 Å². The smallest absolute Gasteiger partial charge is 0.264 e. The third-order valence-corrected chi connectivity index (χ3v) is 7.46. The predicted molar refractivity (Wildman–Crippen MR) is 117 cm³/mol. The van der Waals surface area contributed by atoms with E-state index >= 15 is 0 Å². The van der Waals surface area contributed by atoms with Crippen molar-refractivity contribution in [2.45, 2.75) is 55.9 Å². The molecule has 29 heavy (non-hydrogen) atoms. The summed E-state index contributed by atoms with van der Waals surface area (Å²) in [5.74, 6) is -0.106. The van der Waals surface area contributed by atoms with E-state index in [0.717, 1.165) is 25.7 Å². The summed E-state index contributed by atoms with van der Waals surface area (Å²) in [6.07, 6.45) is 8.09. The third kappa shape index (κ3) is 5.52. The van der Waals surface area contributed by atoms with E-state index in [2.05, 4.69) is 5.32 Å². The van der Waals surface area contributed by atoms with E-state index in [9.17, 15) is 13.2 Å². The van der Waals surface area contributed by atoms with Gasteiger partial charge in [0.25, 0.3) is 15.9 Å². The van der Waals surface area contributed by atoms with Crippen molar-refractivity contribution >= 4 is 33.2 Å². The number of nitrogens with zero attached hydrogens (tertiary/aromatic N) is 1. The summed E-state index contributed by atoms with van der Waals surface area (Å²) in [6.45, 7) is 0. The molecule has 0 radical (unpaired) electrons. The standard InChI is InChI=1S/C22H27ClN2O3S/c1-25(29(27,28)21-15-11-18(23)12-16-21)20-13-9-17(10-14-20)22(26)24-19-7-5-3-2-4-6-8-19/h9-16,19H,2-8H2,1H3,(H,24,26). The van der Waals surface area contributed by atoms with E-state index in [1.165, 1.54) is 42.7 Å². The summed E-state index contributed by atoms with van der Waals surface area (Å²) >= 11 is 5.85. The van der Waals surface area contributed by atoms with E-state index in [1.54, 1.807) is 36.4 Å². The number of halogens is 1. The van der Waals surface area contributed by atoms with Crippen LogP contribution in [0.5, 0.6) is 0 Å². The van der Waals surface area contributed by atoms with Crippen molar-refractivity contribution < 1.29 is 13.2 Å². The quantitative estimate of drug-likeness (QED) is 0.719. The van der Waals surface area contributed by atoms with Crippen LogP contribution in [0, 0.1) is 0 Å². The Bertz CT molecular complexity index is 920. The summed E-state index contributed by atoms with van der Waals surface area (Å²) in [5, 5.41) is 3.61. The molecule has 0 heterocycles. The first kappa shape index (κ1) is 21.7. The summed E-state index contributed by atoms with van der Waals surface area (Å²) in [7, 11) is -2.20. The van der Waals surface area contributed by atoms with Crippen LogP contribution in [0.25, 0.3) is 0 Å². The maximum atomic E-state index is 12.8. The van der Waals surface area contributed by atoms with Gasteiger partial charge in [0.15, 0.2) is 0 Å². The molecule has 156 valence electrons. The Morgan fingerprint density at radius 2 is 1.48 bits per heavy atom. The van der Waals surface area contributed by atoms with Gasteiger partial charge in [-0.2, -0.15) is 0 Å². The maximum Gasteiger partial charge on any atom is 0.264 e. The largest absolute Gasteiger partial charge is 0.349 e. The SMILES string of the molecule is CN(c1ccc(C(=O)NC2CCCCCCC2)cc1)S(=O)(=O)c1ccc(Cl)cc1. The van der Waals surface area contributed by atoms with Gasteiger partial charge < -0.3 is 5.32 Å². The van der Waals surface area contributed by atoms with Crippen molar-refractivity contribution in [2.75, 3.05) is 11.4 Å². The lowest BCUT2D eigenvalue weighted by atomic mass is 9.96. The molecule has 0 unspecified atom stereocenters. The second kappa shape index (κ2) is 9.63. The number of benzene rings is 2. The Morgan fingerprint density at radius 3 is 2.07 bits per heavy atom. The molecule has 3 rings (SSSR count). The first-order valence-electron chi connectivity index (χ1n) is 10.0. The van der Waals surface area contributed by atoms with Gasteiger partial charge in [-0.3, -0.25) is 9.10 Å². The number of hydrogen-bond donors (Lipinski definition) is 1. The fourth-order valence-electron chi connectivity index (χ4n) is 3.60. The molecule has 1 aliphatic rings. The molecule has 0 spiro atoms. The molecule has 1 aliphatic carbocycles. The summed E-state index contributed by atoms with van der Waals surface area (Å²) in [5.41, 5.74) is 1.02. The van der Waals surface area contributed by atoms with Crippen molar-refractivity contribution in [3.05, 3.63) is 59.1 Å². The molecule has 1 amide bonds. The molecule has 0 aliphatic heterocycles. The van der Waals surface area contributed by atoms with E-state index < -0.39 is 10.0 Å². The molecular formula is C22H27ClN2O3S. The topological polar surface area (TPSA) is 66.5 Å². The van der Waals surface area contributed by atoms with Gasteiger partial charge in [0.1, 0.15) is 0 Å². The van der Waals surface area contributed by atoms with Crippen LogP contribution in [-0.4, -0.2) is 27.4 Å². The molecule has 5 nitrogen and oxygen atoms in total. The van der Waals surface area contributed by atoms with Crippen LogP contribution in [0.4, 0.5) is 5.69 Å². The number of rotatable bonds is 5. The molecule has 1 saturated carbocycles. The highest BCUT2D eigenvalue weighted by atomic mass is 35.5. The number of anilines is 1. The highest BCUT2D eigenvalue weighted by Crippen LogP contribution is 2.24. The molecule has 0 aromatic heterocycles. The molecule has 1 N–H and O–H groups in total. The van der Waals surface area contributed by atoms with Crippen molar-refractivity contribution in [1.29, 1.82) is 0 Å². The van der Waals surface area contributed by atoms with E-state index in [-0.39, 0.29) is 16.8 Å². The van der Waals surface area contributed by atoms with Gasteiger partial charge in [-0.1, -0.05) is 43.7 Å². The van der Waals surface area contributed by atoms with Gasteiger partial charge in [-0.05, 0) is 61.4 Å². The number of nitrogens with one attached hydrogen (secondary N) is 1. The number of carbonyl (C=O) groups excluding carboxylic acids is 1. The van der Waals surface area contributed by atoms with Crippen LogP contribution in [-0.2, 0) is 10.0 Å². The van der Waals surface area contributed by atoms with Crippen molar-refractivity contribution in [1.82, 2.24) is 5.32 Å². The van der Waals surface area contributed by atoms with Gasteiger partial charge in [0.2, 0.25) is 0 Å². The van der Waals surface area contributed by atoms with Crippen LogP contribution in [0.1, 0.15) is 55.3 Å². The molecule has 7 heteroatoms. The average molecular weight is 435 g/mol. The molecule has 1 fully saturated rings. The van der Waals surface area contributed by atoms with Gasteiger partial charge >= 0.3 is 0 Å². The second-order valence-corrected chi connectivity index (χ2v) is 9.89. The zero-order valence-electron chi connectivity index (χ0n) is 16.6. The molecule has 2 aromatic rings. The summed E-state index contributed by atoms with van der Waals surface area (Å²) in [4.78, 5) is 12.7. The third-order valence-electron chi connectivity index (χ3n) is 5.41. The minimum absolute atomic E-state index is 0.106. The molecular weight excluding hydrogens is 408 g/mol. The Balaban J connectivity index is 1.68. The van der Waals surface area contributed by atoms with Crippen LogP contribution in [0.2, 0.25) is 5.02 Å². The van der Waals surface area contributed by atoms with Gasteiger partial charge in [0.05, 0.1) is 10.6 Å². The fraction of sp³-hybridized carbons (Fsp3) is 0.409. The highest BCUT2D eigenvalue weighted by molar-refractivity contribution is 7.92. The zero-order chi connectivity index (χ0) is 20.9. The monoisotopic (exact) mass is 434 g/mol. The average Bonchev–Trinajstić information content (AvgIpc) is 2.69. The minimum atomic E-state index is -3.70. The number of carbonyl (C=O) groups is 1. The Hall–Kier alpha value is -2.05. The predicted octanol–water partition coefficient (Wildman–Crippen LogP) is 5.01. The normalized spacial score (nSPS) is 15.9. The van der Waals surface area contributed by atoms with Gasteiger partial charge in [0, 0.05) is 23.7 Å². The van der Waals surface area contributed by atoms with Gasteiger partial charge in [-0.15, -0.1) is 0 Å². The lowest BCUT2D eigenvalue weighted by molar-refractivity contribution is 0.0930. The van der Waals surface area contributed by atoms with Crippen LogP contribution >= 0.6 is 11.6 Å².